The Hall–Kier alpha value is -0.0400. The first kappa shape index (κ1) is 8.06. The zero-order valence-electron chi connectivity index (χ0n) is 7.35. The standard InChI is InChI=1S/C9H19N/c1-7(2)4-8-5-9(8)6-10-3/h7-10H,4-6H2,1-3H3. The van der Waals surface area contributed by atoms with Crippen LogP contribution in [0.4, 0.5) is 0 Å². The van der Waals surface area contributed by atoms with E-state index in [4.69, 9.17) is 0 Å². The fourth-order valence-electron chi connectivity index (χ4n) is 1.72. The Morgan fingerprint density at radius 3 is 2.60 bits per heavy atom. The maximum Gasteiger partial charge on any atom is -0.00208 e. The summed E-state index contributed by atoms with van der Waals surface area (Å²) in [7, 11) is 2.05. The molecule has 0 aliphatic heterocycles. The SMILES string of the molecule is CNCC1CC1CC(C)C. The summed E-state index contributed by atoms with van der Waals surface area (Å²) in [5.74, 6) is 2.95. The van der Waals surface area contributed by atoms with Crippen molar-refractivity contribution in [2.24, 2.45) is 17.8 Å². The molecule has 1 rings (SSSR count). The lowest BCUT2D eigenvalue weighted by Gasteiger charge is -2.02. The van der Waals surface area contributed by atoms with E-state index in [-0.39, 0.29) is 0 Å². The molecule has 1 heteroatoms. The molecule has 1 aliphatic carbocycles. The first-order chi connectivity index (χ1) is 4.74. The summed E-state index contributed by atoms with van der Waals surface area (Å²) in [6.07, 6.45) is 2.91. The van der Waals surface area contributed by atoms with Gasteiger partial charge in [-0.25, -0.2) is 0 Å². The molecular formula is C9H19N. The summed E-state index contributed by atoms with van der Waals surface area (Å²) < 4.78 is 0. The molecule has 0 saturated heterocycles. The highest BCUT2D eigenvalue weighted by atomic mass is 14.8. The molecular weight excluding hydrogens is 122 g/mol. The van der Waals surface area contributed by atoms with E-state index in [1.165, 1.54) is 19.4 Å². The smallest absolute Gasteiger partial charge is 0.00208 e. The first-order valence-electron chi connectivity index (χ1n) is 4.38. The molecule has 1 N–H and O–H groups in total. The fourth-order valence-corrected chi connectivity index (χ4v) is 1.72. The summed E-state index contributed by atoms with van der Waals surface area (Å²) in [6, 6.07) is 0. The Balaban J connectivity index is 2.02. The van der Waals surface area contributed by atoms with Crippen LogP contribution in [0.2, 0.25) is 0 Å². The number of rotatable bonds is 4. The van der Waals surface area contributed by atoms with Gasteiger partial charge in [-0.2, -0.15) is 0 Å². The molecule has 0 bridgehead atoms. The summed E-state index contributed by atoms with van der Waals surface area (Å²) in [4.78, 5) is 0. The van der Waals surface area contributed by atoms with Crippen molar-refractivity contribution in [2.45, 2.75) is 26.7 Å². The molecule has 60 valence electrons. The van der Waals surface area contributed by atoms with E-state index in [9.17, 15) is 0 Å². The van der Waals surface area contributed by atoms with Crippen LogP contribution in [0.15, 0.2) is 0 Å². The number of hydrogen-bond acceptors (Lipinski definition) is 1. The van der Waals surface area contributed by atoms with Gasteiger partial charge < -0.3 is 5.32 Å². The molecule has 0 aromatic rings. The summed E-state index contributed by atoms with van der Waals surface area (Å²) >= 11 is 0. The van der Waals surface area contributed by atoms with Gasteiger partial charge in [-0.05, 0) is 44.2 Å². The van der Waals surface area contributed by atoms with Crippen molar-refractivity contribution < 1.29 is 0 Å². The quantitative estimate of drug-likeness (QED) is 0.630. The lowest BCUT2D eigenvalue weighted by molar-refractivity contribution is 0.505. The van der Waals surface area contributed by atoms with Crippen LogP contribution < -0.4 is 5.32 Å². The Bertz CT molecular complexity index is 98.9. The second-order valence-corrected chi connectivity index (χ2v) is 3.94. The first-order valence-corrected chi connectivity index (χ1v) is 4.38. The average Bonchev–Trinajstić information content (AvgIpc) is 2.47. The van der Waals surface area contributed by atoms with Gasteiger partial charge in [0, 0.05) is 0 Å². The minimum atomic E-state index is 0.895. The third-order valence-corrected chi connectivity index (χ3v) is 2.31. The van der Waals surface area contributed by atoms with Crippen molar-refractivity contribution in [1.82, 2.24) is 5.32 Å². The van der Waals surface area contributed by atoms with Crippen LogP contribution >= 0.6 is 0 Å². The van der Waals surface area contributed by atoms with Crippen molar-refractivity contribution in [3.63, 3.8) is 0 Å². The molecule has 1 aliphatic rings. The highest BCUT2D eigenvalue weighted by Crippen LogP contribution is 2.42. The Kier molecular flexibility index (Phi) is 2.72. The van der Waals surface area contributed by atoms with E-state index in [2.05, 4.69) is 19.2 Å². The van der Waals surface area contributed by atoms with Crippen LogP contribution in [0.25, 0.3) is 0 Å². The van der Waals surface area contributed by atoms with Crippen LogP contribution in [-0.2, 0) is 0 Å². The second kappa shape index (κ2) is 3.38. The van der Waals surface area contributed by atoms with Gasteiger partial charge in [-0.3, -0.25) is 0 Å². The molecule has 1 saturated carbocycles. The second-order valence-electron chi connectivity index (χ2n) is 3.94. The maximum atomic E-state index is 3.23. The molecule has 0 heterocycles. The van der Waals surface area contributed by atoms with Gasteiger partial charge in [0.1, 0.15) is 0 Å². The molecule has 0 spiro atoms. The van der Waals surface area contributed by atoms with Crippen molar-refractivity contribution >= 4 is 0 Å². The summed E-state index contributed by atoms with van der Waals surface area (Å²) in [6.45, 7) is 5.86. The van der Waals surface area contributed by atoms with Crippen molar-refractivity contribution in [2.75, 3.05) is 13.6 Å². The van der Waals surface area contributed by atoms with Crippen LogP contribution in [0.5, 0.6) is 0 Å². The zero-order valence-corrected chi connectivity index (χ0v) is 7.35. The monoisotopic (exact) mass is 141 g/mol. The minimum absolute atomic E-state index is 0.895. The van der Waals surface area contributed by atoms with E-state index in [1.54, 1.807) is 0 Å². The molecule has 10 heavy (non-hydrogen) atoms. The van der Waals surface area contributed by atoms with Gasteiger partial charge in [0.05, 0.1) is 0 Å². The van der Waals surface area contributed by atoms with E-state index in [0.29, 0.717) is 0 Å². The predicted octanol–water partition coefficient (Wildman–Crippen LogP) is 1.89. The van der Waals surface area contributed by atoms with Gasteiger partial charge in [0.15, 0.2) is 0 Å². The molecule has 0 radical (unpaired) electrons. The highest BCUT2D eigenvalue weighted by molar-refractivity contribution is 4.87. The van der Waals surface area contributed by atoms with E-state index >= 15 is 0 Å². The molecule has 2 atom stereocenters. The van der Waals surface area contributed by atoms with E-state index in [1.807, 2.05) is 7.05 Å². The Labute approximate surface area is 64.2 Å². The molecule has 2 unspecified atom stereocenters. The molecule has 1 fully saturated rings. The molecule has 1 nitrogen and oxygen atoms in total. The zero-order chi connectivity index (χ0) is 7.56. The minimum Gasteiger partial charge on any atom is -0.319 e. The fraction of sp³-hybridized carbons (Fsp3) is 1.00. The lowest BCUT2D eigenvalue weighted by atomic mass is 10.1. The Morgan fingerprint density at radius 1 is 1.40 bits per heavy atom. The molecule has 0 aromatic heterocycles. The van der Waals surface area contributed by atoms with Crippen molar-refractivity contribution in [1.29, 1.82) is 0 Å². The number of hydrogen-bond donors (Lipinski definition) is 1. The lowest BCUT2D eigenvalue weighted by Crippen LogP contribution is -2.10. The predicted molar refractivity (Wildman–Crippen MR) is 45.0 cm³/mol. The van der Waals surface area contributed by atoms with Gasteiger partial charge >= 0.3 is 0 Å². The number of nitrogens with one attached hydrogen (secondary N) is 1. The van der Waals surface area contributed by atoms with Crippen LogP contribution in [0.1, 0.15) is 26.7 Å². The van der Waals surface area contributed by atoms with Gasteiger partial charge in [0.2, 0.25) is 0 Å². The summed E-state index contributed by atoms with van der Waals surface area (Å²) in [5, 5.41) is 3.23. The summed E-state index contributed by atoms with van der Waals surface area (Å²) in [5.41, 5.74) is 0. The third kappa shape index (κ3) is 2.30. The highest BCUT2D eigenvalue weighted by Gasteiger charge is 2.35. The van der Waals surface area contributed by atoms with Gasteiger partial charge in [0.25, 0.3) is 0 Å². The third-order valence-electron chi connectivity index (χ3n) is 2.31. The Morgan fingerprint density at radius 2 is 2.10 bits per heavy atom. The largest absolute Gasteiger partial charge is 0.319 e. The van der Waals surface area contributed by atoms with E-state index < -0.39 is 0 Å². The molecule has 0 aromatic carbocycles. The van der Waals surface area contributed by atoms with Crippen LogP contribution in [0, 0.1) is 17.8 Å². The van der Waals surface area contributed by atoms with Gasteiger partial charge in [-0.15, -0.1) is 0 Å². The molecule has 0 amide bonds. The van der Waals surface area contributed by atoms with Gasteiger partial charge in [-0.1, -0.05) is 13.8 Å². The maximum absolute atomic E-state index is 3.23. The van der Waals surface area contributed by atoms with Crippen molar-refractivity contribution in [3.05, 3.63) is 0 Å². The topological polar surface area (TPSA) is 12.0 Å². The van der Waals surface area contributed by atoms with Crippen LogP contribution in [0.3, 0.4) is 0 Å². The van der Waals surface area contributed by atoms with Crippen LogP contribution in [-0.4, -0.2) is 13.6 Å². The van der Waals surface area contributed by atoms with Crippen molar-refractivity contribution in [3.8, 4) is 0 Å². The average molecular weight is 141 g/mol. The van der Waals surface area contributed by atoms with E-state index in [0.717, 1.165) is 17.8 Å². The normalized spacial score (nSPS) is 31.2.